The molecule has 2 N–H and O–H groups in total. The third-order valence-corrected chi connectivity index (χ3v) is 3.57. The van der Waals surface area contributed by atoms with Gasteiger partial charge in [-0.2, -0.15) is 0 Å². The van der Waals surface area contributed by atoms with Gasteiger partial charge in [-0.1, -0.05) is 44.2 Å². The standard InChI is InChI=1S/C20H35N3O2.HI/c1-18(2)17-25-15-8-13-23-20(21-3)22-12-7-14-24-16-11-19-9-5-4-6-10-19;/h4-6,9-10,18H,7-8,11-17H2,1-3H3,(H2,21,22,23);1H. The minimum Gasteiger partial charge on any atom is -0.381 e. The second kappa shape index (κ2) is 17.5. The van der Waals surface area contributed by atoms with Crippen molar-refractivity contribution < 1.29 is 9.47 Å². The summed E-state index contributed by atoms with van der Waals surface area (Å²) in [5, 5.41) is 6.60. The molecule has 0 heterocycles. The number of nitrogens with zero attached hydrogens (tertiary/aromatic N) is 1. The van der Waals surface area contributed by atoms with Crippen molar-refractivity contribution in [2.45, 2.75) is 33.1 Å². The van der Waals surface area contributed by atoms with Gasteiger partial charge < -0.3 is 20.1 Å². The largest absolute Gasteiger partial charge is 0.381 e. The molecule has 0 spiro atoms. The van der Waals surface area contributed by atoms with Crippen molar-refractivity contribution in [3.05, 3.63) is 35.9 Å². The van der Waals surface area contributed by atoms with E-state index in [0.717, 1.165) is 64.7 Å². The van der Waals surface area contributed by atoms with Gasteiger partial charge in [-0.3, -0.25) is 4.99 Å². The van der Waals surface area contributed by atoms with E-state index in [1.54, 1.807) is 7.05 Å². The van der Waals surface area contributed by atoms with E-state index in [2.05, 4.69) is 53.7 Å². The van der Waals surface area contributed by atoms with Crippen LogP contribution in [0.3, 0.4) is 0 Å². The fourth-order valence-corrected chi connectivity index (χ4v) is 2.24. The number of nitrogens with one attached hydrogen (secondary N) is 2. The molecule has 1 aromatic rings. The lowest BCUT2D eigenvalue weighted by molar-refractivity contribution is 0.108. The fraction of sp³-hybridized carbons (Fsp3) is 0.650. The maximum absolute atomic E-state index is 5.68. The van der Waals surface area contributed by atoms with Gasteiger partial charge in [-0.15, -0.1) is 24.0 Å². The van der Waals surface area contributed by atoms with Crippen LogP contribution in [0.2, 0.25) is 0 Å². The van der Waals surface area contributed by atoms with Gasteiger partial charge in [-0.05, 0) is 30.7 Å². The smallest absolute Gasteiger partial charge is 0.190 e. The zero-order valence-electron chi connectivity index (χ0n) is 16.5. The van der Waals surface area contributed by atoms with Crippen molar-refractivity contribution in [1.82, 2.24) is 10.6 Å². The number of rotatable bonds is 13. The summed E-state index contributed by atoms with van der Waals surface area (Å²) in [7, 11) is 1.79. The Balaban J connectivity index is 0.00000625. The molecule has 0 saturated carbocycles. The molecule has 0 saturated heterocycles. The van der Waals surface area contributed by atoms with E-state index in [0.29, 0.717) is 5.92 Å². The zero-order chi connectivity index (χ0) is 18.2. The summed E-state index contributed by atoms with van der Waals surface area (Å²) in [4.78, 5) is 4.22. The van der Waals surface area contributed by atoms with Crippen molar-refractivity contribution >= 4 is 29.9 Å². The monoisotopic (exact) mass is 477 g/mol. The molecule has 26 heavy (non-hydrogen) atoms. The number of benzene rings is 1. The highest BCUT2D eigenvalue weighted by Gasteiger charge is 1.98. The predicted molar refractivity (Wildman–Crippen MR) is 121 cm³/mol. The molecule has 0 aliphatic heterocycles. The van der Waals surface area contributed by atoms with E-state index in [4.69, 9.17) is 9.47 Å². The van der Waals surface area contributed by atoms with Crippen LogP contribution in [0, 0.1) is 5.92 Å². The van der Waals surface area contributed by atoms with Gasteiger partial charge in [0, 0.05) is 40.0 Å². The van der Waals surface area contributed by atoms with Crippen LogP contribution < -0.4 is 10.6 Å². The Bertz CT molecular complexity index is 456. The summed E-state index contributed by atoms with van der Waals surface area (Å²) < 4.78 is 11.2. The van der Waals surface area contributed by atoms with Crippen molar-refractivity contribution in [3.63, 3.8) is 0 Å². The number of hydrogen-bond donors (Lipinski definition) is 2. The van der Waals surface area contributed by atoms with E-state index < -0.39 is 0 Å². The first-order valence-electron chi connectivity index (χ1n) is 9.36. The molecule has 0 aliphatic carbocycles. The maximum Gasteiger partial charge on any atom is 0.190 e. The molecule has 6 heteroatoms. The van der Waals surface area contributed by atoms with Gasteiger partial charge in [0.15, 0.2) is 5.96 Å². The Morgan fingerprint density at radius 1 is 0.962 bits per heavy atom. The molecule has 0 unspecified atom stereocenters. The highest BCUT2D eigenvalue weighted by Crippen LogP contribution is 1.99. The molecule has 1 rings (SSSR count). The molecule has 150 valence electrons. The fourth-order valence-electron chi connectivity index (χ4n) is 2.24. The highest BCUT2D eigenvalue weighted by atomic mass is 127. The molecule has 0 fully saturated rings. The van der Waals surface area contributed by atoms with Gasteiger partial charge >= 0.3 is 0 Å². The van der Waals surface area contributed by atoms with Crippen molar-refractivity contribution in [1.29, 1.82) is 0 Å². The van der Waals surface area contributed by atoms with Gasteiger partial charge in [0.05, 0.1) is 6.61 Å². The second-order valence-corrected chi connectivity index (χ2v) is 6.45. The first kappa shape index (κ1) is 25.1. The lowest BCUT2D eigenvalue weighted by Gasteiger charge is -2.12. The number of aliphatic imine (C=N–C) groups is 1. The minimum atomic E-state index is 0. The topological polar surface area (TPSA) is 54.9 Å². The van der Waals surface area contributed by atoms with Crippen LogP contribution >= 0.6 is 24.0 Å². The normalized spacial score (nSPS) is 11.3. The predicted octanol–water partition coefficient (Wildman–Crippen LogP) is 3.48. The summed E-state index contributed by atoms with van der Waals surface area (Å²) in [6.07, 6.45) is 2.92. The Hall–Kier alpha value is -0.860. The first-order chi connectivity index (χ1) is 12.2. The van der Waals surface area contributed by atoms with E-state index in [1.165, 1.54) is 5.56 Å². The van der Waals surface area contributed by atoms with Crippen LogP contribution in [0.25, 0.3) is 0 Å². The van der Waals surface area contributed by atoms with E-state index >= 15 is 0 Å². The quantitative estimate of drug-likeness (QED) is 0.198. The molecule has 0 aromatic heterocycles. The maximum atomic E-state index is 5.68. The molecule has 0 radical (unpaired) electrons. The molecular weight excluding hydrogens is 441 g/mol. The van der Waals surface area contributed by atoms with Gasteiger partial charge in [-0.25, -0.2) is 0 Å². The summed E-state index contributed by atoms with van der Waals surface area (Å²) in [6.45, 7) is 9.20. The lowest BCUT2D eigenvalue weighted by atomic mass is 10.2. The SMILES string of the molecule is CN=C(NCCCOCCc1ccccc1)NCCCOCC(C)C.I. The molecule has 0 bridgehead atoms. The van der Waals surface area contributed by atoms with Crippen molar-refractivity contribution in [3.8, 4) is 0 Å². The number of hydrogen-bond acceptors (Lipinski definition) is 3. The van der Waals surface area contributed by atoms with Crippen LogP contribution in [0.5, 0.6) is 0 Å². The van der Waals surface area contributed by atoms with Crippen LogP contribution in [-0.2, 0) is 15.9 Å². The third kappa shape index (κ3) is 14.3. The average molecular weight is 477 g/mol. The van der Waals surface area contributed by atoms with Gasteiger partial charge in [0.1, 0.15) is 0 Å². The zero-order valence-corrected chi connectivity index (χ0v) is 18.8. The molecule has 0 atom stereocenters. The van der Waals surface area contributed by atoms with E-state index in [1.807, 2.05) is 6.07 Å². The van der Waals surface area contributed by atoms with Crippen molar-refractivity contribution in [2.75, 3.05) is 46.6 Å². The number of ether oxygens (including phenoxy) is 2. The molecule has 0 aliphatic rings. The number of halogens is 1. The van der Waals surface area contributed by atoms with Gasteiger partial charge in [0.2, 0.25) is 0 Å². The second-order valence-electron chi connectivity index (χ2n) is 6.45. The third-order valence-electron chi connectivity index (χ3n) is 3.57. The highest BCUT2D eigenvalue weighted by molar-refractivity contribution is 14.0. The first-order valence-corrected chi connectivity index (χ1v) is 9.36. The van der Waals surface area contributed by atoms with Crippen LogP contribution in [-0.4, -0.2) is 52.5 Å². The minimum absolute atomic E-state index is 0. The molecular formula is C20H36IN3O2. The molecule has 5 nitrogen and oxygen atoms in total. The molecule has 0 amide bonds. The van der Waals surface area contributed by atoms with Crippen LogP contribution in [0.4, 0.5) is 0 Å². The Morgan fingerprint density at radius 3 is 2.15 bits per heavy atom. The lowest BCUT2D eigenvalue weighted by Crippen LogP contribution is -2.38. The van der Waals surface area contributed by atoms with Crippen molar-refractivity contribution in [2.24, 2.45) is 10.9 Å². The summed E-state index contributed by atoms with van der Waals surface area (Å²) in [6, 6.07) is 10.4. The number of guanidine groups is 1. The molecule has 1 aromatic carbocycles. The Labute approximate surface area is 176 Å². The summed E-state index contributed by atoms with van der Waals surface area (Å²) in [5.74, 6) is 1.44. The summed E-state index contributed by atoms with van der Waals surface area (Å²) >= 11 is 0. The summed E-state index contributed by atoms with van der Waals surface area (Å²) in [5.41, 5.74) is 1.32. The van der Waals surface area contributed by atoms with Crippen LogP contribution in [0.15, 0.2) is 35.3 Å². The average Bonchev–Trinajstić information content (AvgIpc) is 2.62. The van der Waals surface area contributed by atoms with Crippen LogP contribution in [0.1, 0.15) is 32.3 Å². The van der Waals surface area contributed by atoms with Gasteiger partial charge in [0.25, 0.3) is 0 Å². The Kier molecular flexibility index (Phi) is 17.0. The van der Waals surface area contributed by atoms with E-state index in [-0.39, 0.29) is 24.0 Å². The van der Waals surface area contributed by atoms with E-state index in [9.17, 15) is 0 Å². The Morgan fingerprint density at radius 2 is 1.58 bits per heavy atom.